The fourth-order valence-electron chi connectivity index (χ4n) is 4.39. The largest absolute Gasteiger partial charge is 0.481 e. The summed E-state index contributed by atoms with van der Waals surface area (Å²) in [6.45, 7) is 11.0. The van der Waals surface area contributed by atoms with Crippen LogP contribution >= 0.6 is 0 Å². The first-order chi connectivity index (χ1) is 15.5. The summed E-state index contributed by atoms with van der Waals surface area (Å²) in [7, 11) is 0. The number of hydrogen-bond donors (Lipinski definition) is 2. The lowest BCUT2D eigenvalue weighted by Gasteiger charge is -2.32. The van der Waals surface area contributed by atoms with Crippen LogP contribution in [0.2, 0.25) is 0 Å². The van der Waals surface area contributed by atoms with Gasteiger partial charge in [-0.1, -0.05) is 86.3 Å². The van der Waals surface area contributed by atoms with E-state index in [1.807, 2.05) is 25.2 Å². The maximum atomic E-state index is 11.5. The minimum Gasteiger partial charge on any atom is -0.481 e. The number of allylic oxidation sites excluding steroid dienone is 10. The molecule has 0 heterocycles. The fourth-order valence-corrected chi connectivity index (χ4v) is 4.39. The Morgan fingerprint density at radius 2 is 1.73 bits per heavy atom. The second kappa shape index (κ2) is 14.7. The monoisotopic (exact) mass is 456 g/mol. The summed E-state index contributed by atoms with van der Waals surface area (Å²) in [6, 6.07) is 0. The van der Waals surface area contributed by atoms with Crippen LogP contribution in [0.4, 0.5) is 0 Å². The van der Waals surface area contributed by atoms with Gasteiger partial charge in [-0.25, -0.2) is 0 Å². The summed E-state index contributed by atoms with van der Waals surface area (Å²) >= 11 is 0. The van der Waals surface area contributed by atoms with E-state index >= 15 is 0 Å². The van der Waals surface area contributed by atoms with Crippen LogP contribution < -0.4 is 0 Å². The molecule has 184 valence electrons. The molecular weight excluding hydrogens is 412 g/mol. The lowest BCUT2D eigenvalue weighted by molar-refractivity contribution is -0.142. The highest BCUT2D eigenvalue weighted by Gasteiger charge is 2.26. The van der Waals surface area contributed by atoms with Crippen LogP contribution in [0.5, 0.6) is 0 Å². The van der Waals surface area contributed by atoms with Crippen molar-refractivity contribution >= 4 is 11.9 Å². The molecule has 1 rings (SSSR count). The molecule has 0 radical (unpaired) electrons. The SMILES string of the molecule is CC(C=CC1=C(C)CCCC1(C)C)=CC=CC(C)=CCC(CCCCCCC(=O)O)C(=O)O. The van der Waals surface area contributed by atoms with Gasteiger partial charge in [0.05, 0.1) is 5.92 Å². The van der Waals surface area contributed by atoms with Crippen LogP contribution in [0.1, 0.15) is 98.8 Å². The van der Waals surface area contributed by atoms with Gasteiger partial charge >= 0.3 is 11.9 Å². The maximum Gasteiger partial charge on any atom is 0.306 e. The van der Waals surface area contributed by atoms with Gasteiger partial charge < -0.3 is 10.2 Å². The second-order valence-corrected chi connectivity index (χ2v) is 10.1. The zero-order valence-electron chi connectivity index (χ0n) is 21.3. The van der Waals surface area contributed by atoms with Gasteiger partial charge in [0.15, 0.2) is 0 Å². The molecule has 0 spiro atoms. The quantitative estimate of drug-likeness (QED) is 0.205. The number of aliphatic carboxylic acids is 2. The Hall–Kier alpha value is -2.36. The van der Waals surface area contributed by atoms with Gasteiger partial charge in [-0.3, -0.25) is 9.59 Å². The van der Waals surface area contributed by atoms with E-state index in [9.17, 15) is 14.7 Å². The summed E-state index contributed by atoms with van der Waals surface area (Å²) in [5.41, 5.74) is 5.45. The Morgan fingerprint density at radius 1 is 1.03 bits per heavy atom. The molecule has 0 aliphatic heterocycles. The standard InChI is InChI=1S/C29H44O4/c1-22(17-19-25(28(32)33)15-8-6-7-9-16-27(30)31)12-10-13-23(2)18-20-26-24(3)14-11-21-29(26,4)5/h10,12-13,17-18,20,25H,6-9,11,14-16,19,21H2,1-5H3,(H,30,31)(H,32,33). The topological polar surface area (TPSA) is 74.6 Å². The Balaban J connectivity index is 2.54. The molecule has 33 heavy (non-hydrogen) atoms. The Morgan fingerprint density at radius 3 is 2.36 bits per heavy atom. The van der Waals surface area contributed by atoms with Crippen molar-refractivity contribution in [2.24, 2.45) is 11.3 Å². The number of carboxylic acids is 2. The highest BCUT2D eigenvalue weighted by atomic mass is 16.4. The van der Waals surface area contributed by atoms with Gasteiger partial charge in [-0.15, -0.1) is 0 Å². The van der Waals surface area contributed by atoms with E-state index in [1.165, 1.54) is 36.0 Å². The predicted molar refractivity (Wildman–Crippen MR) is 137 cm³/mol. The maximum absolute atomic E-state index is 11.5. The van der Waals surface area contributed by atoms with Crippen molar-refractivity contribution in [2.45, 2.75) is 98.8 Å². The van der Waals surface area contributed by atoms with Gasteiger partial charge in [0.2, 0.25) is 0 Å². The zero-order valence-corrected chi connectivity index (χ0v) is 21.3. The number of unbranched alkanes of at least 4 members (excludes halogenated alkanes) is 3. The number of carboxylic acid groups (broad SMARTS) is 2. The fraction of sp³-hybridized carbons (Fsp3) is 0.586. The van der Waals surface area contributed by atoms with Crippen LogP contribution in [-0.4, -0.2) is 22.2 Å². The van der Waals surface area contributed by atoms with Crippen molar-refractivity contribution in [3.05, 3.63) is 58.7 Å². The van der Waals surface area contributed by atoms with Crippen LogP contribution in [0.3, 0.4) is 0 Å². The minimum absolute atomic E-state index is 0.190. The third kappa shape index (κ3) is 11.9. The molecule has 1 aliphatic carbocycles. The molecule has 0 aromatic heterocycles. The summed E-state index contributed by atoms with van der Waals surface area (Å²) in [5.74, 6) is -1.91. The second-order valence-electron chi connectivity index (χ2n) is 10.1. The van der Waals surface area contributed by atoms with E-state index in [2.05, 4.69) is 45.9 Å². The first-order valence-electron chi connectivity index (χ1n) is 12.4. The first-order valence-corrected chi connectivity index (χ1v) is 12.4. The molecule has 1 atom stereocenters. The van der Waals surface area contributed by atoms with Gasteiger partial charge in [0.25, 0.3) is 0 Å². The summed E-state index contributed by atoms with van der Waals surface area (Å²) < 4.78 is 0. The molecule has 4 heteroatoms. The van der Waals surface area contributed by atoms with Crippen molar-refractivity contribution in [2.75, 3.05) is 0 Å². The van der Waals surface area contributed by atoms with Crippen LogP contribution in [0, 0.1) is 11.3 Å². The van der Waals surface area contributed by atoms with E-state index in [0.29, 0.717) is 19.3 Å². The average Bonchev–Trinajstić information content (AvgIpc) is 2.71. The number of rotatable bonds is 14. The molecule has 0 amide bonds. The van der Waals surface area contributed by atoms with E-state index in [0.717, 1.165) is 24.8 Å². The molecule has 0 aromatic rings. The molecule has 0 saturated heterocycles. The Labute approximate surface area is 200 Å². The van der Waals surface area contributed by atoms with Crippen LogP contribution in [0.25, 0.3) is 0 Å². The van der Waals surface area contributed by atoms with Crippen molar-refractivity contribution in [1.29, 1.82) is 0 Å². The smallest absolute Gasteiger partial charge is 0.306 e. The van der Waals surface area contributed by atoms with Crippen molar-refractivity contribution < 1.29 is 19.8 Å². The van der Waals surface area contributed by atoms with Crippen molar-refractivity contribution in [3.63, 3.8) is 0 Å². The van der Waals surface area contributed by atoms with Crippen LogP contribution in [0.15, 0.2) is 58.7 Å². The van der Waals surface area contributed by atoms with E-state index in [4.69, 9.17) is 5.11 Å². The molecule has 0 saturated carbocycles. The molecule has 0 fully saturated rings. The highest BCUT2D eigenvalue weighted by Crippen LogP contribution is 2.40. The van der Waals surface area contributed by atoms with E-state index in [1.54, 1.807) is 0 Å². The lowest BCUT2D eigenvalue weighted by atomic mass is 9.72. The van der Waals surface area contributed by atoms with Gasteiger partial charge in [-0.05, 0) is 70.3 Å². The average molecular weight is 457 g/mol. The normalized spacial score (nSPS) is 18.3. The lowest BCUT2D eigenvalue weighted by Crippen LogP contribution is -2.19. The van der Waals surface area contributed by atoms with E-state index in [-0.39, 0.29) is 17.8 Å². The van der Waals surface area contributed by atoms with E-state index < -0.39 is 11.9 Å². The molecular formula is C29H44O4. The summed E-state index contributed by atoms with van der Waals surface area (Å²) in [4.78, 5) is 22.1. The summed E-state index contributed by atoms with van der Waals surface area (Å²) in [6.07, 6.45) is 20.8. The molecule has 1 aliphatic rings. The van der Waals surface area contributed by atoms with Crippen molar-refractivity contribution in [1.82, 2.24) is 0 Å². The molecule has 4 nitrogen and oxygen atoms in total. The highest BCUT2D eigenvalue weighted by molar-refractivity contribution is 5.70. The van der Waals surface area contributed by atoms with Gasteiger partial charge in [-0.2, -0.15) is 0 Å². The Bertz CT molecular complexity index is 805. The molecule has 2 N–H and O–H groups in total. The third-order valence-corrected chi connectivity index (χ3v) is 6.54. The predicted octanol–water partition coefficient (Wildman–Crippen LogP) is 8.03. The number of carbonyl (C=O) groups is 2. The molecule has 0 bridgehead atoms. The third-order valence-electron chi connectivity index (χ3n) is 6.54. The minimum atomic E-state index is -0.770. The molecule has 0 aromatic carbocycles. The summed E-state index contributed by atoms with van der Waals surface area (Å²) in [5, 5.41) is 18.1. The molecule has 1 unspecified atom stereocenters. The van der Waals surface area contributed by atoms with Crippen molar-refractivity contribution in [3.8, 4) is 0 Å². The first kappa shape index (κ1) is 28.7. The zero-order chi connectivity index (χ0) is 24.9. The van der Waals surface area contributed by atoms with Gasteiger partial charge in [0.1, 0.15) is 0 Å². The Kier molecular flexibility index (Phi) is 12.8. The van der Waals surface area contributed by atoms with Gasteiger partial charge in [0, 0.05) is 6.42 Å². The van der Waals surface area contributed by atoms with Crippen LogP contribution in [-0.2, 0) is 9.59 Å². The number of hydrogen-bond acceptors (Lipinski definition) is 2.